The number of carbonyl (C=O) groups is 2. The van der Waals surface area contributed by atoms with E-state index in [1.54, 1.807) is 84.9 Å². The minimum absolute atomic E-state index is 0.00130. The number of aryl methyl sites for hydroxylation is 2. The summed E-state index contributed by atoms with van der Waals surface area (Å²) in [5.74, 6) is -0.381. The molecule has 1 N–H and O–H groups in total. The average molecular weight is 935 g/mol. The van der Waals surface area contributed by atoms with E-state index >= 15 is 0 Å². The third-order valence-corrected chi connectivity index (χ3v) is 17.0. The molecule has 8 rings (SSSR count). The summed E-state index contributed by atoms with van der Waals surface area (Å²) < 4.78 is 27.8. The summed E-state index contributed by atoms with van der Waals surface area (Å²) in [5.41, 5.74) is 2.18. The molecule has 0 atom stereocenters. The largest absolute Gasteiger partial charge is 0.394 e. The molecular formula is C45H46N2O8S6. The number of aliphatic hydroxyl groups excluding tert-OH is 1. The molecule has 6 aromatic heterocycles. The highest BCUT2D eigenvalue weighted by molar-refractivity contribution is 7.27. The summed E-state index contributed by atoms with van der Waals surface area (Å²) in [5, 5.41) is 8.73. The molecule has 16 heteroatoms. The Morgan fingerprint density at radius 3 is 1.16 bits per heavy atom. The van der Waals surface area contributed by atoms with Crippen molar-refractivity contribution in [3.05, 3.63) is 103 Å². The van der Waals surface area contributed by atoms with Crippen molar-refractivity contribution in [2.45, 2.75) is 13.8 Å². The molecule has 0 saturated heterocycles. The van der Waals surface area contributed by atoms with Crippen LogP contribution in [0, 0.1) is 13.8 Å². The van der Waals surface area contributed by atoms with Crippen molar-refractivity contribution in [1.82, 2.24) is 9.80 Å². The Kier molecular flexibility index (Phi) is 14.9. The Morgan fingerprint density at radius 1 is 0.426 bits per heavy atom. The first kappa shape index (κ1) is 44.0. The van der Waals surface area contributed by atoms with Gasteiger partial charge in [-0.05, 0) is 86.6 Å². The van der Waals surface area contributed by atoms with Crippen molar-refractivity contribution in [2.75, 3.05) is 86.3 Å². The lowest BCUT2D eigenvalue weighted by atomic mass is 10.1. The molecule has 0 saturated carbocycles. The molecule has 2 aliphatic heterocycles. The van der Waals surface area contributed by atoms with Gasteiger partial charge in [-0.15, -0.1) is 68.0 Å². The van der Waals surface area contributed by atoms with Crippen LogP contribution in [0.25, 0.3) is 50.4 Å². The average Bonchev–Trinajstić information content (AvgIpc) is 4.10. The molecule has 0 fully saturated rings. The molecule has 2 amide bonds. The molecular weight excluding hydrogens is 889 g/mol. The number of hydrogen-bond donors (Lipinski definition) is 1. The molecule has 0 spiro atoms. The molecule has 0 aromatic carbocycles. The molecule has 0 bridgehead atoms. The summed E-state index contributed by atoms with van der Waals surface area (Å²) in [6.07, 6.45) is 0. The molecule has 61 heavy (non-hydrogen) atoms. The van der Waals surface area contributed by atoms with E-state index < -0.39 is 0 Å². The van der Waals surface area contributed by atoms with Crippen LogP contribution in [-0.4, -0.2) is 113 Å². The second-order valence-corrected chi connectivity index (χ2v) is 20.9. The van der Waals surface area contributed by atoms with Gasteiger partial charge in [0.1, 0.15) is 0 Å². The van der Waals surface area contributed by atoms with Crippen LogP contribution in [0.2, 0.25) is 0 Å². The summed E-state index contributed by atoms with van der Waals surface area (Å²) in [7, 11) is 1.77. The molecule has 0 unspecified atom stereocenters. The van der Waals surface area contributed by atoms with E-state index in [2.05, 4.69) is 74.5 Å². The van der Waals surface area contributed by atoms with Gasteiger partial charge >= 0.3 is 0 Å². The van der Waals surface area contributed by atoms with E-state index in [0.29, 0.717) is 82.0 Å². The van der Waals surface area contributed by atoms with Crippen LogP contribution in [0.1, 0.15) is 19.5 Å². The maximum atomic E-state index is 14.7. The van der Waals surface area contributed by atoms with Crippen molar-refractivity contribution in [2.24, 2.45) is 0 Å². The maximum absolute atomic E-state index is 14.7. The van der Waals surface area contributed by atoms with Gasteiger partial charge in [0.05, 0.1) is 105 Å². The van der Waals surface area contributed by atoms with E-state index in [4.69, 9.17) is 28.8 Å². The monoisotopic (exact) mass is 934 g/mol. The van der Waals surface area contributed by atoms with Crippen LogP contribution < -0.4 is 0 Å². The number of thiophene rings is 6. The SMILES string of the molecule is Cc1ccc(-c2ccc(-c3ccc(C4=C5C(=O)N(CCOCCOCCOCCOCCOCCO)C(c6ccc(-c7ccc(-c8ccc(C)s8)s7)s6)=C5C(=O)N4C)s3)s2)s1. The number of aliphatic hydroxyl groups is 1. The Morgan fingerprint density at radius 2 is 0.754 bits per heavy atom. The highest BCUT2D eigenvalue weighted by Crippen LogP contribution is 2.50. The number of amides is 2. The number of nitrogens with zero attached hydrogens (tertiary/aromatic N) is 2. The van der Waals surface area contributed by atoms with Crippen LogP contribution in [0.4, 0.5) is 0 Å². The molecule has 0 radical (unpaired) electrons. The summed E-state index contributed by atoms with van der Waals surface area (Å²) in [6.45, 7) is 8.48. The fourth-order valence-corrected chi connectivity index (χ4v) is 13.2. The maximum Gasteiger partial charge on any atom is 0.261 e. The van der Waals surface area contributed by atoms with Gasteiger partial charge in [0.15, 0.2) is 0 Å². The van der Waals surface area contributed by atoms with Crippen LogP contribution in [0.15, 0.2) is 83.9 Å². The normalized spacial score (nSPS) is 14.2. The zero-order chi connectivity index (χ0) is 42.3. The fourth-order valence-electron chi connectivity index (χ4n) is 6.96. The zero-order valence-corrected chi connectivity index (χ0v) is 39.0. The van der Waals surface area contributed by atoms with E-state index in [9.17, 15) is 9.59 Å². The number of fused-ring (bicyclic) bond motifs is 1. The lowest BCUT2D eigenvalue weighted by Crippen LogP contribution is -2.31. The van der Waals surface area contributed by atoms with Crippen molar-refractivity contribution in [3.8, 4) is 39.0 Å². The number of rotatable bonds is 23. The molecule has 8 heterocycles. The number of hydrogen-bond acceptors (Lipinski definition) is 14. The topological polar surface area (TPSA) is 107 Å². The second-order valence-electron chi connectivity index (χ2n) is 14.0. The summed E-state index contributed by atoms with van der Waals surface area (Å²) >= 11 is 10.3. The number of likely N-dealkylation sites (N-methyl/N-ethyl adjacent to an activating group) is 1. The third-order valence-electron chi connectivity index (χ3n) is 9.83. The predicted octanol–water partition coefficient (Wildman–Crippen LogP) is 9.85. The van der Waals surface area contributed by atoms with Gasteiger partial charge < -0.3 is 38.6 Å². The molecule has 320 valence electrons. The van der Waals surface area contributed by atoms with Gasteiger partial charge in [0, 0.05) is 62.4 Å². The van der Waals surface area contributed by atoms with E-state index in [-0.39, 0.29) is 31.6 Å². The minimum Gasteiger partial charge on any atom is -0.394 e. The van der Waals surface area contributed by atoms with Crippen molar-refractivity contribution >= 4 is 91.2 Å². The molecule has 6 aromatic rings. The lowest BCUT2D eigenvalue weighted by Gasteiger charge is -2.22. The first-order valence-corrected chi connectivity index (χ1v) is 24.8. The highest BCUT2D eigenvalue weighted by atomic mass is 32.1. The Bertz CT molecular complexity index is 2520. The zero-order valence-electron chi connectivity index (χ0n) is 34.1. The van der Waals surface area contributed by atoms with Gasteiger partial charge in [0.2, 0.25) is 0 Å². The Labute approximate surface area is 379 Å². The Balaban J connectivity index is 0.967. The van der Waals surface area contributed by atoms with E-state index in [1.165, 1.54) is 29.3 Å². The van der Waals surface area contributed by atoms with Gasteiger partial charge in [-0.25, -0.2) is 0 Å². The summed E-state index contributed by atoms with van der Waals surface area (Å²) in [6, 6.07) is 25.5. The highest BCUT2D eigenvalue weighted by Gasteiger charge is 2.48. The molecule has 2 aliphatic rings. The quantitative estimate of drug-likeness (QED) is 0.0634. The lowest BCUT2D eigenvalue weighted by molar-refractivity contribution is -0.124. The van der Waals surface area contributed by atoms with Gasteiger partial charge in [-0.3, -0.25) is 9.59 Å². The number of carbonyl (C=O) groups excluding carboxylic acids is 2. The summed E-state index contributed by atoms with van der Waals surface area (Å²) in [4.78, 5) is 46.1. The van der Waals surface area contributed by atoms with Crippen LogP contribution in [0.5, 0.6) is 0 Å². The molecule has 0 aliphatic carbocycles. The van der Waals surface area contributed by atoms with Gasteiger partial charge in [-0.2, -0.15) is 0 Å². The first-order valence-electron chi connectivity index (χ1n) is 19.9. The number of ether oxygens (including phenoxy) is 5. The minimum atomic E-state index is -0.195. The third kappa shape index (κ3) is 10.1. The van der Waals surface area contributed by atoms with Crippen LogP contribution in [0.3, 0.4) is 0 Å². The standard InChI is InChI=1S/C45H46N2O8S6/c1-28-4-6-30(56-28)32-8-10-34(58-32)36-12-14-38(60-36)42-40-41(44(49)46(42)3)43(39-15-13-37(61-39)35-11-9-33(59-35)31-7-5-29(2)57-31)47(45(40)50)16-18-51-20-22-53-24-26-55-27-25-54-23-21-52-19-17-48/h4-15,48H,16-27H2,1-3H3. The van der Waals surface area contributed by atoms with Crippen molar-refractivity contribution in [1.29, 1.82) is 0 Å². The van der Waals surface area contributed by atoms with E-state index in [1.807, 2.05) is 12.1 Å². The van der Waals surface area contributed by atoms with Gasteiger partial charge in [0.25, 0.3) is 11.8 Å². The predicted molar refractivity (Wildman–Crippen MR) is 251 cm³/mol. The van der Waals surface area contributed by atoms with Crippen molar-refractivity contribution < 1.29 is 38.4 Å². The first-order chi connectivity index (χ1) is 29.8. The Hall–Kier alpha value is -3.62. The van der Waals surface area contributed by atoms with Crippen LogP contribution >= 0.6 is 68.0 Å². The molecule has 10 nitrogen and oxygen atoms in total. The van der Waals surface area contributed by atoms with Crippen LogP contribution in [-0.2, 0) is 33.3 Å². The van der Waals surface area contributed by atoms with Gasteiger partial charge in [-0.1, -0.05) is 0 Å². The smallest absolute Gasteiger partial charge is 0.261 e. The van der Waals surface area contributed by atoms with E-state index in [0.717, 1.165) is 29.3 Å². The second kappa shape index (κ2) is 20.7. The van der Waals surface area contributed by atoms with Crippen molar-refractivity contribution in [3.63, 3.8) is 0 Å². The fraction of sp³-hybridized carbons (Fsp3) is 0.333.